The van der Waals surface area contributed by atoms with Crippen LogP contribution in [0, 0.1) is 0 Å². The van der Waals surface area contributed by atoms with Crippen molar-refractivity contribution in [1.29, 1.82) is 0 Å². The zero-order chi connectivity index (χ0) is 14.9. The lowest BCUT2D eigenvalue weighted by Crippen LogP contribution is -2.29. The molecule has 2 rings (SSSR count). The summed E-state index contributed by atoms with van der Waals surface area (Å²) in [4.78, 5) is 11.7. The zero-order valence-corrected chi connectivity index (χ0v) is 12.1. The number of benzene rings is 2. The third-order valence-corrected chi connectivity index (χ3v) is 3.25. The Morgan fingerprint density at radius 1 is 0.952 bits per heavy atom. The summed E-state index contributed by atoms with van der Waals surface area (Å²) < 4.78 is 5.23. The minimum Gasteiger partial charge on any atom is -0.446 e. The molecule has 0 aliphatic carbocycles. The van der Waals surface area contributed by atoms with Gasteiger partial charge in [-0.15, -0.1) is 0 Å². The van der Waals surface area contributed by atoms with E-state index in [9.17, 15) is 4.79 Å². The van der Waals surface area contributed by atoms with Crippen LogP contribution in [0.15, 0.2) is 60.7 Å². The minimum absolute atomic E-state index is 0.227. The molecule has 2 N–H and O–H groups in total. The molecule has 0 aromatic heterocycles. The van der Waals surface area contributed by atoms with Gasteiger partial charge in [0, 0.05) is 12.8 Å². The molecule has 2 aromatic carbocycles. The van der Waals surface area contributed by atoms with E-state index in [1.54, 1.807) is 0 Å². The Balaban J connectivity index is 1.67. The first-order valence-corrected chi connectivity index (χ1v) is 7.27. The molecule has 0 aliphatic rings. The van der Waals surface area contributed by atoms with E-state index >= 15 is 0 Å². The number of carbonyl (C=O) groups is 1. The van der Waals surface area contributed by atoms with Crippen LogP contribution in [-0.2, 0) is 22.4 Å². The molecule has 0 saturated carbocycles. The van der Waals surface area contributed by atoms with E-state index in [1.165, 1.54) is 5.56 Å². The number of nitrogens with two attached hydrogens (primary N) is 1. The van der Waals surface area contributed by atoms with Crippen LogP contribution in [0.5, 0.6) is 0 Å². The quantitative estimate of drug-likeness (QED) is 0.627. The fourth-order valence-electron chi connectivity index (χ4n) is 2.20. The maximum Gasteiger partial charge on any atom is 0.307 e. The minimum atomic E-state index is -0.573. The number of rotatable bonds is 7. The standard InChI is InChI=1S/C18H21NO2/c19-17(14-16-10-5-2-6-11-16)21-18(20)13-7-12-15-8-3-1-4-9-15/h1-6,8-11,17H,7,12-14,19H2. The van der Waals surface area contributed by atoms with Gasteiger partial charge in [-0.25, -0.2) is 0 Å². The van der Waals surface area contributed by atoms with Crippen molar-refractivity contribution < 1.29 is 9.53 Å². The monoisotopic (exact) mass is 283 g/mol. The molecule has 0 heterocycles. The molecule has 0 radical (unpaired) electrons. The van der Waals surface area contributed by atoms with Crippen LogP contribution < -0.4 is 5.73 Å². The van der Waals surface area contributed by atoms with Gasteiger partial charge in [-0.1, -0.05) is 60.7 Å². The van der Waals surface area contributed by atoms with Gasteiger partial charge in [0.1, 0.15) is 0 Å². The fraction of sp³-hybridized carbons (Fsp3) is 0.278. The number of hydrogen-bond donors (Lipinski definition) is 1. The first-order chi connectivity index (χ1) is 10.2. The van der Waals surface area contributed by atoms with Crippen LogP contribution in [0.3, 0.4) is 0 Å². The lowest BCUT2D eigenvalue weighted by Gasteiger charge is -2.13. The predicted molar refractivity (Wildman–Crippen MR) is 83.6 cm³/mol. The number of hydrogen-bond acceptors (Lipinski definition) is 3. The molecule has 0 saturated heterocycles. The molecule has 3 nitrogen and oxygen atoms in total. The third kappa shape index (κ3) is 5.79. The molecular formula is C18H21NO2. The number of ether oxygens (including phenoxy) is 1. The van der Waals surface area contributed by atoms with E-state index < -0.39 is 6.23 Å². The van der Waals surface area contributed by atoms with E-state index in [2.05, 4.69) is 12.1 Å². The average molecular weight is 283 g/mol. The summed E-state index contributed by atoms with van der Waals surface area (Å²) in [5.41, 5.74) is 8.15. The molecule has 0 amide bonds. The normalized spacial score (nSPS) is 11.9. The molecular weight excluding hydrogens is 262 g/mol. The van der Waals surface area contributed by atoms with Crippen molar-refractivity contribution >= 4 is 5.97 Å². The van der Waals surface area contributed by atoms with Gasteiger partial charge >= 0.3 is 5.97 Å². The van der Waals surface area contributed by atoms with Crippen LogP contribution >= 0.6 is 0 Å². The Morgan fingerprint density at radius 2 is 1.52 bits per heavy atom. The number of aryl methyl sites for hydroxylation is 1. The van der Waals surface area contributed by atoms with Crippen LogP contribution in [0.2, 0.25) is 0 Å². The largest absolute Gasteiger partial charge is 0.446 e. The highest BCUT2D eigenvalue weighted by Crippen LogP contribution is 2.07. The molecule has 2 aromatic rings. The van der Waals surface area contributed by atoms with Crippen molar-refractivity contribution in [1.82, 2.24) is 0 Å². The molecule has 110 valence electrons. The van der Waals surface area contributed by atoms with Crippen molar-refractivity contribution in [3.8, 4) is 0 Å². The van der Waals surface area contributed by atoms with Crippen LogP contribution in [0.4, 0.5) is 0 Å². The summed E-state index contributed by atoms with van der Waals surface area (Å²) in [5, 5.41) is 0. The molecule has 1 atom stereocenters. The van der Waals surface area contributed by atoms with E-state index in [1.807, 2.05) is 48.5 Å². The topological polar surface area (TPSA) is 52.3 Å². The van der Waals surface area contributed by atoms with Crippen LogP contribution in [0.1, 0.15) is 24.0 Å². The molecule has 1 unspecified atom stereocenters. The van der Waals surface area contributed by atoms with Crippen molar-refractivity contribution in [3.05, 3.63) is 71.8 Å². The Morgan fingerprint density at radius 3 is 2.14 bits per heavy atom. The van der Waals surface area contributed by atoms with Crippen LogP contribution in [0.25, 0.3) is 0 Å². The predicted octanol–water partition coefficient (Wildman–Crippen LogP) is 3.08. The van der Waals surface area contributed by atoms with Gasteiger partial charge in [-0.3, -0.25) is 10.5 Å². The summed E-state index contributed by atoms with van der Waals surface area (Å²) in [6, 6.07) is 19.9. The van der Waals surface area contributed by atoms with E-state index in [0.29, 0.717) is 12.8 Å². The first kappa shape index (κ1) is 15.3. The van der Waals surface area contributed by atoms with Gasteiger partial charge in [0.05, 0.1) is 0 Å². The SMILES string of the molecule is NC(Cc1ccccc1)OC(=O)CCCc1ccccc1. The lowest BCUT2D eigenvalue weighted by molar-refractivity contribution is -0.148. The summed E-state index contributed by atoms with van der Waals surface area (Å²) in [7, 11) is 0. The fourth-order valence-corrected chi connectivity index (χ4v) is 2.20. The average Bonchev–Trinajstić information content (AvgIpc) is 2.49. The summed E-state index contributed by atoms with van der Waals surface area (Å²) in [6.45, 7) is 0. The molecule has 0 spiro atoms. The Labute approximate surface area is 125 Å². The second kappa shape index (κ2) is 8.22. The summed E-state index contributed by atoms with van der Waals surface area (Å²) in [6.07, 6.45) is 2.03. The van der Waals surface area contributed by atoms with E-state index in [0.717, 1.165) is 18.4 Å². The zero-order valence-electron chi connectivity index (χ0n) is 12.1. The number of carbonyl (C=O) groups excluding carboxylic acids is 1. The highest BCUT2D eigenvalue weighted by Gasteiger charge is 2.10. The smallest absolute Gasteiger partial charge is 0.307 e. The van der Waals surface area contributed by atoms with Gasteiger partial charge in [-0.2, -0.15) is 0 Å². The van der Waals surface area contributed by atoms with Crippen molar-refractivity contribution in [2.75, 3.05) is 0 Å². The number of esters is 1. The van der Waals surface area contributed by atoms with Gasteiger partial charge in [0.15, 0.2) is 6.23 Å². The maximum atomic E-state index is 11.7. The lowest BCUT2D eigenvalue weighted by atomic mass is 10.1. The van der Waals surface area contributed by atoms with E-state index in [-0.39, 0.29) is 5.97 Å². The first-order valence-electron chi connectivity index (χ1n) is 7.27. The Hall–Kier alpha value is -2.13. The van der Waals surface area contributed by atoms with Crippen LogP contribution in [-0.4, -0.2) is 12.2 Å². The second-order valence-corrected chi connectivity index (χ2v) is 5.06. The van der Waals surface area contributed by atoms with Gasteiger partial charge in [-0.05, 0) is 24.0 Å². The molecule has 3 heteroatoms. The maximum absolute atomic E-state index is 11.7. The molecule has 0 bridgehead atoms. The Kier molecular flexibility index (Phi) is 5.98. The highest BCUT2D eigenvalue weighted by molar-refractivity contribution is 5.69. The van der Waals surface area contributed by atoms with Gasteiger partial charge < -0.3 is 4.74 Å². The Bertz CT molecular complexity index is 540. The second-order valence-electron chi connectivity index (χ2n) is 5.06. The molecule has 21 heavy (non-hydrogen) atoms. The van der Waals surface area contributed by atoms with Gasteiger partial charge in [0.25, 0.3) is 0 Å². The van der Waals surface area contributed by atoms with Crippen molar-refractivity contribution in [2.24, 2.45) is 5.73 Å². The molecule has 0 aliphatic heterocycles. The van der Waals surface area contributed by atoms with Crippen molar-refractivity contribution in [2.45, 2.75) is 31.9 Å². The summed E-state index contributed by atoms with van der Waals surface area (Å²) >= 11 is 0. The molecule has 0 fully saturated rings. The van der Waals surface area contributed by atoms with Crippen molar-refractivity contribution in [3.63, 3.8) is 0 Å². The highest BCUT2D eigenvalue weighted by atomic mass is 16.6. The summed E-state index contributed by atoms with van der Waals surface area (Å²) in [5.74, 6) is -0.227. The van der Waals surface area contributed by atoms with E-state index in [4.69, 9.17) is 10.5 Å². The third-order valence-electron chi connectivity index (χ3n) is 3.25. The van der Waals surface area contributed by atoms with Gasteiger partial charge in [0.2, 0.25) is 0 Å².